The van der Waals surface area contributed by atoms with Crippen molar-refractivity contribution >= 4 is 62.4 Å². The molecule has 0 unspecified atom stereocenters. The number of benzene rings is 3. The standard InChI is InChI=1S/C28H17Cl2N3O2S/c29-24-10-8-19(14-25(24)30)26-11-9-21(35-26)12-20(15-31)27(34)33-28-32-16-22(36-28)13-18-6-3-5-17-4-1-2-7-23(17)18/h1-12,14,16H,13H2,(H,32,33,34)/b20-12+. The Labute approximate surface area is 221 Å². The van der Waals surface area contributed by atoms with Crippen LogP contribution in [0.4, 0.5) is 5.13 Å². The van der Waals surface area contributed by atoms with Gasteiger partial charge in [0.15, 0.2) is 5.13 Å². The van der Waals surface area contributed by atoms with E-state index in [1.54, 1.807) is 36.5 Å². The van der Waals surface area contributed by atoms with Crippen LogP contribution in [-0.4, -0.2) is 10.9 Å². The first-order valence-corrected chi connectivity index (χ1v) is 12.5. The number of nitrogens with one attached hydrogen (secondary N) is 1. The molecule has 0 spiro atoms. The van der Waals surface area contributed by atoms with Gasteiger partial charge in [-0.15, -0.1) is 11.3 Å². The first kappa shape index (κ1) is 23.8. The van der Waals surface area contributed by atoms with Gasteiger partial charge in [-0.05, 0) is 46.7 Å². The van der Waals surface area contributed by atoms with Crippen LogP contribution in [0.2, 0.25) is 10.0 Å². The highest BCUT2D eigenvalue weighted by atomic mass is 35.5. The first-order valence-electron chi connectivity index (χ1n) is 10.9. The fourth-order valence-electron chi connectivity index (χ4n) is 3.77. The van der Waals surface area contributed by atoms with Crippen LogP contribution in [0, 0.1) is 11.3 Å². The third kappa shape index (κ3) is 5.19. The predicted molar refractivity (Wildman–Crippen MR) is 145 cm³/mol. The quantitative estimate of drug-likeness (QED) is 0.178. The van der Waals surface area contributed by atoms with Gasteiger partial charge in [0.05, 0.1) is 10.0 Å². The normalized spacial score (nSPS) is 11.4. The molecule has 5 aromatic rings. The van der Waals surface area contributed by atoms with Gasteiger partial charge in [0, 0.05) is 29.1 Å². The van der Waals surface area contributed by atoms with Crippen LogP contribution in [0.1, 0.15) is 16.2 Å². The number of carbonyl (C=O) groups excluding carboxylic acids is 1. The summed E-state index contributed by atoms with van der Waals surface area (Å²) in [5.41, 5.74) is 1.81. The van der Waals surface area contributed by atoms with Gasteiger partial charge in [0.1, 0.15) is 23.2 Å². The zero-order valence-corrected chi connectivity index (χ0v) is 21.0. The van der Waals surface area contributed by atoms with Gasteiger partial charge in [-0.1, -0.05) is 65.7 Å². The van der Waals surface area contributed by atoms with Crippen molar-refractivity contribution in [3.05, 3.63) is 111 Å². The van der Waals surface area contributed by atoms with E-state index in [1.165, 1.54) is 33.7 Å². The molecule has 0 bridgehead atoms. The lowest BCUT2D eigenvalue weighted by molar-refractivity contribution is -0.112. The first-order chi connectivity index (χ1) is 17.5. The fourth-order valence-corrected chi connectivity index (χ4v) is 4.90. The molecule has 36 heavy (non-hydrogen) atoms. The molecule has 8 heteroatoms. The Balaban J connectivity index is 1.29. The van der Waals surface area contributed by atoms with Gasteiger partial charge in [-0.3, -0.25) is 10.1 Å². The minimum Gasteiger partial charge on any atom is -0.457 e. The van der Waals surface area contributed by atoms with E-state index < -0.39 is 5.91 Å². The Morgan fingerprint density at radius 3 is 2.72 bits per heavy atom. The van der Waals surface area contributed by atoms with Crippen molar-refractivity contribution in [2.24, 2.45) is 0 Å². The molecular weight excluding hydrogens is 513 g/mol. The number of rotatable bonds is 6. The highest BCUT2D eigenvalue weighted by Gasteiger charge is 2.14. The maximum absolute atomic E-state index is 12.7. The number of hydrogen-bond donors (Lipinski definition) is 1. The van der Waals surface area contributed by atoms with Crippen molar-refractivity contribution in [2.75, 3.05) is 5.32 Å². The third-order valence-electron chi connectivity index (χ3n) is 5.50. The molecule has 0 fully saturated rings. The number of halogens is 2. The second-order valence-electron chi connectivity index (χ2n) is 7.90. The van der Waals surface area contributed by atoms with Gasteiger partial charge < -0.3 is 4.42 Å². The zero-order valence-electron chi connectivity index (χ0n) is 18.7. The van der Waals surface area contributed by atoms with Crippen molar-refractivity contribution in [2.45, 2.75) is 6.42 Å². The van der Waals surface area contributed by atoms with Crippen LogP contribution in [0.3, 0.4) is 0 Å². The molecule has 0 saturated heterocycles. The maximum atomic E-state index is 12.7. The van der Waals surface area contributed by atoms with Crippen LogP contribution >= 0.6 is 34.5 Å². The number of aromatic nitrogens is 1. The molecule has 176 valence electrons. The summed E-state index contributed by atoms with van der Waals surface area (Å²) in [6.07, 6.45) is 3.83. The Morgan fingerprint density at radius 2 is 1.89 bits per heavy atom. The summed E-state index contributed by atoms with van der Waals surface area (Å²) in [5.74, 6) is 0.338. The largest absolute Gasteiger partial charge is 0.457 e. The number of furan rings is 1. The summed E-state index contributed by atoms with van der Waals surface area (Å²) in [5, 5.41) is 15.9. The molecule has 1 amide bonds. The molecule has 1 N–H and O–H groups in total. The molecule has 2 aromatic heterocycles. The molecule has 0 aliphatic heterocycles. The summed E-state index contributed by atoms with van der Waals surface area (Å²) in [6.45, 7) is 0. The number of amides is 1. The highest BCUT2D eigenvalue weighted by Crippen LogP contribution is 2.30. The smallest absolute Gasteiger partial charge is 0.268 e. The molecule has 0 radical (unpaired) electrons. The van der Waals surface area contributed by atoms with E-state index in [0.717, 1.165) is 10.4 Å². The second kappa shape index (κ2) is 10.4. The molecular formula is C28H17Cl2N3O2S. The molecule has 5 rings (SSSR count). The van der Waals surface area contributed by atoms with Gasteiger partial charge >= 0.3 is 0 Å². The molecule has 0 saturated carbocycles. The molecule has 0 aliphatic carbocycles. The number of fused-ring (bicyclic) bond motifs is 1. The zero-order chi connectivity index (χ0) is 25.1. The molecule has 0 aliphatic rings. The van der Waals surface area contributed by atoms with Crippen molar-refractivity contribution < 1.29 is 9.21 Å². The number of nitrogens with zero attached hydrogens (tertiary/aromatic N) is 2. The SMILES string of the molecule is N#C/C(=C\c1ccc(-c2ccc(Cl)c(Cl)c2)o1)C(=O)Nc1ncc(Cc2cccc3ccccc23)s1. The van der Waals surface area contributed by atoms with Crippen LogP contribution in [0.5, 0.6) is 0 Å². The van der Waals surface area contributed by atoms with Crippen molar-refractivity contribution in [3.8, 4) is 17.4 Å². The van der Waals surface area contributed by atoms with Gasteiger partial charge in [-0.2, -0.15) is 5.26 Å². The molecule has 2 heterocycles. The lowest BCUT2D eigenvalue weighted by atomic mass is 10.0. The number of anilines is 1. The minimum absolute atomic E-state index is 0.101. The van der Waals surface area contributed by atoms with Gasteiger partial charge in [-0.25, -0.2) is 4.98 Å². The number of hydrogen-bond acceptors (Lipinski definition) is 5. The molecule has 3 aromatic carbocycles. The van der Waals surface area contributed by atoms with E-state index in [-0.39, 0.29) is 5.57 Å². The highest BCUT2D eigenvalue weighted by molar-refractivity contribution is 7.15. The van der Waals surface area contributed by atoms with Crippen molar-refractivity contribution in [1.29, 1.82) is 5.26 Å². The summed E-state index contributed by atoms with van der Waals surface area (Å²) >= 11 is 13.4. The van der Waals surface area contributed by atoms with E-state index in [4.69, 9.17) is 27.6 Å². The molecule has 0 atom stereocenters. The molecule has 5 nitrogen and oxygen atoms in total. The number of nitriles is 1. The van der Waals surface area contributed by atoms with Crippen LogP contribution in [0.25, 0.3) is 28.2 Å². The number of carbonyl (C=O) groups is 1. The van der Waals surface area contributed by atoms with Crippen LogP contribution < -0.4 is 5.32 Å². The van der Waals surface area contributed by atoms with Crippen LogP contribution in [-0.2, 0) is 11.2 Å². The third-order valence-corrected chi connectivity index (χ3v) is 7.15. The Morgan fingerprint density at radius 1 is 1.06 bits per heavy atom. The Bertz CT molecular complexity index is 1660. The van der Waals surface area contributed by atoms with Gasteiger partial charge in [0.25, 0.3) is 5.91 Å². The summed E-state index contributed by atoms with van der Waals surface area (Å²) in [4.78, 5) is 18.1. The average Bonchev–Trinajstić information content (AvgIpc) is 3.54. The van der Waals surface area contributed by atoms with Crippen molar-refractivity contribution in [3.63, 3.8) is 0 Å². The van der Waals surface area contributed by atoms with E-state index in [2.05, 4.69) is 34.6 Å². The summed E-state index contributed by atoms with van der Waals surface area (Å²) in [7, 11) is 0. The monoisotopic (exact) mass is 529 g/mol. The second-order valence-corrected chi connectivity index (χ2v) is 9.83. The maximum Gasteiger partial charge on any atom is 0.268 e. The van der Waals surface area contributed by atoms with Crippen molar-refractivity contribution in [1.82, 2.24) is 4.98 Å². The Kier molecular flexibility index (Phi) is 6.88. The number of thiazole rings is 1. The van der Waals surface area contributed by atoms with E-state index in [1.807, 2.05) is 24.3 Å². The van der Waals surface area contributed by atoms with E-state index >= 15 is 0 Å². The Hall–Kier alpha value is -3.89. The topological polar surface area (TPSA) is 78.9 Å². The average molecular weight is 530 g/mol. The van der Waals surface area contributed by atoms with E-state index in [9.17, 15) is 10.1 Å². The summed E-state index contributed by atoms with van der Waals surface area (Å²) in [6, 6.07) is 24.9. The summed E-state index contributed by atoms with van der Waals surface area (Å²) < 4.78 is 5.78. The fraction of sp³-hybridized carbons (Fsp3) is 0.0357. The minimum atomic E-state index is -0.559. The lowest BCUT2D eigenvalue weighted by Crippen LogP contribution is -2.13. The van der Waals surface area contributed by atoms with E-state index in [0.29, 0.717) is 33.1 Å². The predicted octanol–water partition coefficient (Wildman–Crippen LogP) is 8.00. The van der Waals surface area contributed by atoms with Crippen LogP contribution in [0.15, 0.2) is 89.0 Å². The lowest BCUT2D eigenvalue weighted by Gasteiger charge is -2.04. The van der Waals surface area contributed by atoms with Gasteiger partial charge in [0.2, 0.25) is 0 Å².